The van der Waals surface area contributed by atoms with Gasteiger partial charge in [0.25, 0.3) is 5.56 Å². The molecule has 2 atom stereocenters. The molecule has 0 fully saturated rings. The summed E-state index contributed by atoms with van der Waals surface area (Å²) in [6.45, 7) is 3.76. The largest absolute Gasteiger partial charge is 0.444 e. The molecule has 0 aliphatic rings. The minimum Gasteiger partial charge on any atom is -0.444 e. The van der Waals surface area contributed by atoms with Crippen LogP contribution in [0.15, 0.2) is 76.0 Å². The van der Waals surface area contributed by atoms with Gasteiger partial charge in [0, 0.05) is 31.9 Å². The number of amides is 3. The number of nitrogens with one attached hydrogen (secondary N) is 4. The number of ketones is 1. The van der Waals surface area contributed by atoms with Gasteiger partial charge in [-0.3, -0.25) is 29.8 Å². The molecule has 2 aromatic carbocycles. The topological polar surface area (TPSA) is 180 Å². The number of aromatic nitrogens is 1. The summed E-state index contributed by atoms with van der Waals surface area (Å²) in [5, 5.41) is 20.7. The van der Waals surface area contributed by atoms with Crippen LogP contribution in [0.25, 0.3) is 0 Å². The second-order valence-electron chi connectivity index (χ2n) is 12.2. The maximum atomic E-state index is 14.1. The van der Waals surface area contributed by atoms with E-state index in [1.54, 1.807) is 51.1 Å². The number of carbonyl (C=O) groups is 4. The van der Waals surface area contributed by atoms with Crippen LogP contribution < -0.4 is 21.5 Å². The number of alkyl carbamates (subject to hydrolysis) is 1. The van der Waals surface area contributed by atoms with Crippen molar-refractivity contribution in [1.29, 1.82) is 0 Å². The molecule has 0 saturated carbocycles. The molecule has 46 heavy (non-hydrogen) atoms. The first-order valence-corrected chi connectivity index (χ1v) is 15.4. The number of Topliss-reactive ketones (excluding diaryl/α,β-unsaturated/α-hetero) is 1. The van der Waals surface area contributed by atoms with Crippen LogP contribution in [0, 0.1) is 5.92 Å². The molecular formula is C34H44N4O8. The highest BCUT2D eigenvalue weighted by molar-refractivity contribution is 6.01. The van der Waals surface area contributed by atoms with Gasteiger partial charge < -0.3 is 19.7 Å². The van der Waals surface area contributed by atoms with Gasteiger partial charge in [-0.1, -0.05) is 67.1 Å². The Morgan fingerprint density at radius 3 is 2.17 bits per heavy atom. The molecule has 0 radical (unpaired) electrons. The van der Waals surface area contributed by atoms with E-state index in [4.69, 9.17) is 9.26 Å². The van der Waals surface area contributed by atoms with Crippen LogP contribution in [0.1, 0.15) is 68.1 Å². The molecule has 5 N–H and O–H groups in total. The average Bonchev–Trinajstić information content (AvgIpc) is 3.46. The molecule has 1 heterocycles. The summed E-state index contributed by atoms with van der Waals surface area (Å²) in [6.07, 6.45) is 2.36. The van der Waals surface area contributed by atoms with Crippen molar-refractivity contribution in [3.8, 4) is 0 Å². The van der Waals surface area contributed by atoms with Crippen LogP contribution in [0.3, 0.4) is 0 Å². The van der Waals surface area contributed by atoms with Gasteiger partial charge in [0.2, 0.25) is 23.4 Å². The number of aryl methyl sites for hydroxylation is 1. The molecule has 1 unspecified atom stereocenters. The van der Waals surface area contributed by atoms with E-state index in [-0.39, 0.29) is 25.1 Å². The van der Waals surface area contributed by atoms with Crippen molar-refractivity contribution in [1.82, 2.24) is 21.1 Å². The summed E-state index contributed by atoms with van der Waals surface area (Å²) in [7, 11) is 0. The van der Waals surface area contributed by atoms with Crippen LogP contribution in [0.4, 0.5) is 4.79 Å². The first kappa shape index (κ1) is 35.9. The van der Waals surface area contributed by atoms with Gasteiger partial charge >= 0.3 is 6.09 Å². The highest BCUT2D eigenvalue weighted by Gasteiger charge is 2.46. The quantitative estimate of drug-likeness (QED) is 0.110. The predicted molar refractivity (Wildman–Crippen MR) is 171 cm³/mol. The Morgan fingerprint density at radius 2 is 1.59 bits per heavy atom. The zero-order chi connectivity index (χ0) is 33.6. The minimum absolute atomic E-state index is 0.0599. The molecule has 0 bridgehead atoms. The molecule has 0 aliphatic carbocycles. The van der Waals surface area contributed by atoms with E-state index in [1.165, 1.54) is 5.56 Å². The number of ether oxygens (including phenoxy) is 1. The van der Waals surface area contributed by atoms with Gasteiger partial charge in [-0.2, -0.15) is 5.16 Å². The second kappa shape index (κ2) is 17.2. The normalized spacial score (nSPS) is 13.3. The highest BCUT2D eigenvalue weighted by atomic mass is 16.6. The van der Waals surface area contributed by atoms with Crippen LogP contribution >= 0.6 is 0 Å². The molecule has 0 aliphatic heterocycles. The molecule has 248 valence electrons. The summed E-state index contributed by atoms with van der Waals surface area (Å²) in [4.78, 5) is 64.3. The number of rotatable bonds is 17. The third-order valence-corrected chi connectivity index (χ3v) is 7.37. The Morgan fingerprint density at radius 1 is 0.935 bits per heavy atom. The SMILES string of the molecule is CC(C)(C)OC(=O)NCC(CO)[C@@](Cc1ccccc1)(NCC(=O)c1cc(=O)[nH]o1)C(=O)NC(=O)CCCCCc1ccccc1. The smallest absolute Gasteiger partial charge is 0.407 e. The van der Waals surface area contributed by atoms with E-state index in [0.29, 0.717) is 12.0 Å². The van der Waals surface area contributed by atoms with Gasteiger partial charge in [0.15, 0.2) is 0 Å². The summed E-state index contributed by atoms with van der Waals surface area (Å²) < 4.78 is 10.3. The number of benzene rings is 2. The van der Waals surface area contributed by atoms with Crippen molar-refractivity contribution in [2.24, 2.45) is 5.92 Å². The molecule has 12 nitrogen and oxygen atoms in total. The number of carbonyl (C=O) groups excluding carboxylic acids is 4. The van der Waals surface area contributed by atoms with E-state index >= 15 is 0 Å². The first-order valence-electron chi connectivity index (χ1n) is 15.4. The number of unbranched alkanes of at least 4 members (excludes halogenated alkanes) is 2. The molecule has 0 saturated heterocycles. The Bertz CT molecular complexity index is 1480. The summed E-state index contributed by atoms with van der Waals surface area (Å²) >= 11 is 0. The first-order chi connectivity index (χ1) is 21.9. The van der Waals surface area contributed by atoms with Gasteiger partial charge in [0.1, 0.15) is 11.1 Å². The summed E-state index contributed by atoms with van der Waals surface area (Å²) in [5.41, 5.74) is -1.31. The summed E-state index contributed by atoms with van der Waals surface area (Å²) in [5.74, 6) is -3.23. The monoisotopic (exact) mass is 636 g/mol. The third kappa shape index (κ3) is 11.4. The van der Waals surface area contributed by atoms with Gasteiger partial charge in [0.05, 0.1) is 12.6 Å². The van der Waals surface area contributed by atoms with E-state index in [2.05, 4.69) is 33.2 Å². The zero-order valence-electron chi connectivity index (χ0n) is 26.6. The Hall–Kier alpha value is -4.55. The number of aliphatic hydroxyl groups is 1. The lowest BCUT2D eigenvalue weighted by Crippen LogP contribution is -2.67. The fourth-order valence-electron chi connectivity index (χ4n) is 5.01. The van der Waals surface area contributed by atoms with Crippen molar-refractivity contribution in [3.63, 3.8) is 0 Å². The highest BCUT2D eigenvalue weighted by Crippen LogP contribution is 2.25. The molecule has 12 heteroatoms. The Labute approximate surface area is 268 Å². The second-order valence-corrected chi connectivity index (χ2v) is 12.2. The van der Waals surface area contributed by atoms with Crippen LogP contribution in [-0.2, 0) is 27.2 Å². The standard InChI is InChI=1S/C34H44N4O8/c1-33(2,3)45-32(44)35-21-26(23-39)34(20-25-16-10-5-11-17-25,36-22-27(40)28-19-30(42)38-46-28)31(43)37-29(41)18-12-6-9-15-24-13-7-4-8-14-24/h4-5,7-8,10-11,13-14,16-17,19,26,36,39H,6,9,12,15,18,20-23H2,1-3H3,(H,35,44)(H,38,42)(H,37,41,43)/t26?,34-/m1/s1. The number of hydrogen-bond donors (Lipinski definition) is 5. The van der Waals surface area contributed by atoms with E-state index in [1.807, 2.05) is 18.2 Å². The predicted octanol–water partition coefficient (Wildman–Crippen LogP) is 3.30. The maximum Gasteiger partial charge on any atom is 0.407 e. The number of aliphatic hydroxyl groups excluding tert-OH is 1. The van der Waals surface area contributed by atoms with Gasteiger partial charge in [-0.15, -0.1) is 0 Å². The van der Waals surface area contributed by atoms with E-state index < -0.39 is 59.5 Å². The lowest BCUT2D eigenvalue weighted by Gasteiger charge is -2.39. The molecule has 3 rings (SSSR count). The van der Waals surface area contributed by atoms with Crippen molar-refractivity contribution < 1.29 is 33.5 Å². The van der Waals surface area contributed by atoms with Gasteiger partial charge in [-0.25, -0.2) is 4.79 Å². The maximum absolute atomic E-state index is 14.1. The fraction of sp³-hybridized carbons (Fsp3) is 0.441. The molecule has 3 aromatic rings. The number of imide groups is 1. The van der Waals surface area contributed by atoms with Crippen molar-refractivity contribution in [3.05, 3.63) is 94.0 Å². The van der Waals surface area contributed by atoms with E-state index in [0.717, 1.165) is 25.3 Å². The molecular weight excluding hydrogens is 592 g/mol. The third-order valence-electron chi connectivity index (χ3n) is 7.37. The minimum atomic E-state index is -1.78. The molecule has 3 amide bonds. The number of H-pyrrole nitrogens is 1. The summed E-state index contributed by atoms with van der Waals surface area (Å²) in [6, 6.07) is 19.9. The number of aromatic amines is 1. The Balaban J connectivity index is 1.82. The average molecular weight is 637 g/mol. The molecule has 0 spiro atoms. The van der Waals surface area contributed by atoms with Crippen molar-refractivity contribution in [2.75, 3.05) is 19.7 Å². The lowest BCUT2D eigenvalue weighted by molar-refractivity contribution is -0.137. The van der Waals surface area contributed by atoms with Crippen LogP contribution in [0.5, 0.6) is 0 Å². The molecule has 1 aromatic heterocycles. The fourth-order valence-corrected chi connectivity index (χ4v) is 5.01. The van der Waals surface area contributed by atoms with Crippen molar-refractivity contribution >= 4 is 23.7 Å². The van der Waals surface area contributed by atoms with E-state index in [9.17, 15) is 29.1 Å². The number of hydrogen-bond acceptors (Lipinski definition) is 9. The Kier molecular flexibility index (Phi) is 13.5. The zero-order valence-corrected chi connectivity index (χ0v) is 26.6. The van der Waals surface area contributed by atoms with Crippen LogP contribution in [-0.4, -0.2) is 64.8 Å². The van der Waals surface area contributed by atoms with Gasteiger partial charge in [-0.05, 0) is 51.2 Å². The lowest BCUT2D eigenvalue weighted by atomic mass is 9.77. The van der Waals surface area contributed by atoms with Crippen LogP contribution in [0.2, 0.25) is 0 Å². The van der Waals surface area contributed by atoms with Crippen molar-refractivity contribution in [2.45, 2.75) is 70.4 Å².